The number of nitrogens with one attached hydrogen (secondary N) is 1. The molecule has 90 valence electrons. The summed E-state index contributed by atoms with van der Waals surface area (Å²) < 4.78 is 2.74. The van der Waals surface area contributed by atoms with Crippen LogP contribution in [0.25, 0.3) is 15.8 Å². The number of benzene rings is 2. The Morgan fingerprint density at radius 2 is 1.78 bits per heavy atom. The highest BCUT2D eigenvalue weighted by Gasteiger charge is 2.07. The fourth-order valence-electron chi connectivity index (χ4n) is 1.91. The zero-order valence-electron chi connectivity index (χ0n) is 9.88. The van der Waals surface area contributed by atoms with Crippen molar-refractivity contribution in [3.8, 4) is 5.69 Å². The monoisotopic (exact) mass is 256 g/mol. The van der Waals surface area contributed by atoms with Crippen molar-refractivity contribution in [2.45, 2.75) is 0 Å². The molecule has 0 aliphatic heterocycles. The maximum atomic E-state index is 12.2. The lowest BCUT2D eigenvalue weighted by Gasteiger charge is -2.02. The minimum atomic E-state index is 0.0489. The van der Waals surface area contributed by atoms with Gasteiger partial charge in [-0.3, -0.25) is 4.79 Å². The molecule has 0 atom stereocenters. The third-order valence-electron chi connectivity index (χ3n) is 2.88. The van der Waals surface area contributed by atoms with Gasteiger partial charge >= 0.3 is 0 Å². The second-order valence-electron chi connectivity index (χ2n) is 3.98. The number of hydrogen-bond acceptors (Lipinski definition) is 3. The summed E-state index contributed by atoms with van der Waals surface area (Å²) in [7, 11) is 1.88. The van der Waals surface area contributed by atoms with Crippen LogP contribution >= 0.6 is 11.5 Å². The van der Waals surface area contributed by atoms with Crippen molar-refractivity contribution in [2.75, 3.05) is 12.4 Å². The van der Waals surface area contributed by atoms with Crippen molar-refractivity contribution in [3.05, 3.63) is 58.9 Å². The number of fused-ring (bicyclic) bond motifs is 1. The second-order valence-corrected chi connectivity index (χ2v) is 4.97. The van der Waals surface area contributed by atoms with Gasteiger partial charge < -0.3 is 5.32 Å². The molecular formula is C14H12N2OS. The molecule has 2 aromatic carbocycles. The molecule has 0 aliphatic carbocycles. The fourth-order valence-corrected chi connectivity index (χ4v) is 2.90. The van der Waals surface area contributed by atoms with Crippen LogP contribution in [0.3, 0.4) is 0 Å². The average Bonchev–Trinajstić information content (AvgIpc) is 2.77. The van der Waals surface area contributed by atoms with Crippen LogP contribution in [0.1, 0.15) is 0 Å². The summed E-state index contributed by atoms with van der Waals surface area (Å²) in [5, 5.41) is 3.84. The smallest absolute Gasteiger partial charge is 0.273 e. The van der Waals surface area contributed by atoms with Gasteiger partial charge in [0.1, 0.15) is 0 Å². The lowest BCUT2D eigenvalue weighted by molar-refractivity contribution is 1.14. The number of aromatic nitrogens is 1. The third-order valence-corrected chi connectivity index (χ3v) is 3.99. The molecular weight excluding hydrogens is 244 g/mol. The standard InChI is InChI=1S/C14H12N2OS/c1-15-10-6-8-11(9-7-10)16-14(17)12-4-2-3-5-13(12)18-16/h2-9,15H,1H3. The summed E-state index contributed by atoms with van der Waals surface area (Å²) >= 11 is 1.47. The molecule has 0 amide bonds. The molecule has 0 fully saturated rings. The first-order valence-corrected chi connectivity index (χ1v) is 6.46. The van der Waals surface area contributed by atoms with Crippen molar-refractivity contribution < 1.29 is 0 Å². The molecule has 1 heterocycles. The van der Waals surface area contributed by atoms with E-state index in [9.17, 15) is 4.79 Å². The van der Waals surface area contributed by atoms with E-state index in [-0.39, 0.29) is 5.56 Å². The quantitative estimate of drug-likeness (QED) is 0.764. The van der Waals surface area contributed by atoms with Gasteiger partial charge in [-0.25, -0.2) is 3.96 Å². The maximum Gasteiger partial charge on any atom is 0.273 e. The summed E-state index contributed by atoms with van der Waals surface area (Å²) in [5.41, 5.74) is 1.99. The Morgan fingerprint density at radius 1 is 1.06 bits per heavy atom. The van der Waals surface area contributed by atoms with E-state index in [1.165, 1.54) is 11.5 Å². The molecule has 3 nitrogen and oxygen atoms in total. The molecule has 0 spiro atoms. The molecule has 3 rings (SSSR count). The lowest BCUT2D eigenvalue weighted by atomic mass is 10.2. The van der Waals surface area contributed by atoms with E-state index in [0.29, 0.717) is 0 Å². The van der Waals surface area contributed by atoms with Gasteiger partial charge in [0.15, 0.2) is 0 Å². The van der Waals surface area contributed by atoms with E-state index in [4.69, 9.17) is 0 Å². The molecule has 0 aliphatic rings. The predicted octanol–water partition coefficient (Wildman–Crippen LogP) is 3.09. The van der Waals surface area contributed by atoms with Crippen LogP contribution in [-0.2, 0) is 0 Å². The summed E-state index contributed by atoms with van der Waals surface area (Å²) in [6.07, 6.45) is 0. The van der Waals surface area contributed by atoms with Crippen LogP contribution < -0.4 is 10.9 Å². The Balaban J connectivity index is 2.18. The van der Waals surface area contributed by atoms with Crippen LogP contribution in [0, 0.1) is 0 Å². The van der Waals surface area contributed by atoms with Crippen molar-refractivity contribution in [3.63, 3.8) is 0 Å². The van der Waals surface area contributed by atoms with Gasteiger partial charge in [0, 0.05) is 12.7 Å². The highest BCUT2D eigenvalue weighted by molar-refractivity contribution is 7.14. The molecule has 0 saturated heterocycles. The normalized spacial score (nSPS) is 10.7. The lowest BCUT2D eigenvalue weighted by Crippen LogP contribution is -2.10. The molecule has 4 heteroatoms. The summed E-state index contributed by atoms with van der Waals surface area (Å²) in [6, 6.07) is 15.5. The maximum absolute atomic E-state index is 12.2. The molecule has 0 radical (unpaired) electrons. The van der Waals surface area contributed by atoms with E-state index in [1.54, 1.807) is 3.96 Å². The Kier molecular flexibility index (Phi) is 2.64. The summed E-state index contributed by atoms with van der Waals surface area (Å²) in [6.45, 7) is 0. The van der Waals surface area contributed by atoms with E-state index in [0.717, 1.165) is 21.5 Å². The molecule has 0 saturated carbocycles. The topological polar surface area (TPSA) is 34.0 Å². The van der Waals surface area contributed by atoms with Crippen molar-refractivity contribution in [2.24, 2.45) is 0 Å². The van der Waals surface area contributed by atoms with Crippen LogP contribution in [0.2, 0.25) is 0 Å². The zero-order valence-corrected chi connectivity index (χ0v) is 10.7. The number of rotatable bonds is 2. The zero-order chi connectivity index (χ0) is 12.5. The van der Waals surface area contributed by atoms with E-state index in [1.807, 2.05) is 55.6 Å². The first-order valence-electron chi connectivity index (χ1n) is 5.69. The van der Waals surface area contributed by atoms with E-state index < -0.39 is 0 Å². The molecule has 3 aromatic rings. The van der Waals surface area contributed by atoms with Gasteiger partial charge in [-0.15, -0.1) is 0 Å². The molecule has 0 bridgehead atoms. The first kappa shape index (κ1) is 11.0. The Bertz CT molecular complexity index is 740. The number of nitrogens with zero attached hydrogens (tertiary/aromatic N) is 1. The SMILES string of the molecule is CNc1ccc(-n2sc3ccccc3c2=O)cc1. The number of anilines is 1. The molecule has 0 unspecified atom stereocenters. The van der Waals surface area contributed by atoms with Gasteiger partial charge in [0.2, 0.25) is 0 Å². The van der Waals surface area contributed by atoms with E-state index >= 15 is 0 Å². The van der Waals surface area contributed by atoms with Crippen LogP contribution in [0.4, 0.5) is 5.69 Å². The summed E-state index contributed by atoms with van der Waals surface area (Å²) in [5.74, 6) is 0. The number of hydrogen-bond donors (Lipinski definition) is 1. The third kappa shape index (κ3) is 1.71. The largest absolute Gasteiger partial charge is 0.388 e. The molecule has 1 aromatic heterocycles. The highest BCUT2D eigenvalue weighted by atomic mass is 32.1. The predicted molar refractivity (Wildman–Crippen MR) is 77.0 cm³/mol. The fraction of sp³-hybridized carbons (Fsp3) is 0.0714. The Hall–Kier alpha value is -2.07. The van der Waals surface area contributed by atoms with Crippen molar-refractivity contribution >= 4 is 27.3 Å². The highest BCUT2D eigenvalue weighted by Crippen LogP contribution is 2.20. The second kappa shape index (κ2) is 4.31. The molecule has 1 N–H and O–H groups in total. The van der Waals surface area contributed by atoms with Gasteiger partial charge in [-0.1, -0.05) is 23.7 Å². The Labute approximate surface area is 108 Å². The van der Waals surface area contributed by atoms with Gasteiger partial charge in [-0.2, -0.15) is 0 Å². The Morgan fingerprint density at radius 3 is 2.44 bits per heavy atom. The van der Waals surface area contributed by atoms with Crippen molar-refractivity contribution in [1.82, 2.24) is 3.96 Å². The van der Waals surface area contributed by atoms with Gasteiger partial charge in [-0.05, 0) is 36.4 Å². The van der Waals surface area contributed by atoms with Crippen LogP contribution in [0.15, 0.2) is 53.3 Å². The van der Waals surface area contributed by atoms with E-state index in [2.05, 4.69) is 5.32 Å². The summed E-state index contributed by atoms with van der Waals surface area (Å²) in [4.78, 5) is 12.2. The molecule has 18 heavy (non-hydrogen) atoms. The average molecular weight is 256 g/mol. The van der Waals surface area contributed by atoms with Crippen molar-refractivity contribution in [1.29, 1.82) is 0 Å². The van der Waals surface area contributed by atoms with Gasteiger partial charge in [0.05, 0.1) is 15.8 Å². The first-order chi connectivity index (χ1) is 8.79. The minimum absolute atomic E-state index is 0.0489. The minimum Gasteiger partial charge on any atom is -0.388 e. The van der Waals surface area contributed by atoms with Crippen LogP contribution in [-0.4, -0.2) is 11.0 Å². The van der Waals surface area contributed by atoms with Crippen LogP contribution in [0.5, 0.6) is 0 Å². The van der Waals surface area contributed by atoms with Gasteiger partial charge in [0.25, 0.3) is 5.56 Å².